The molecule has 0 saturated carbocycles. The van der Waals surface area contributed by atoms with E-state index in [2.05, 4.69) is 19.9 Å². The molecule has 0 aliphatic rings. The molecule has 0 spiro atoms. The van der Waals surface area contributed by atoms with E-state index < -0.39 is 0 Å². The van der Waals surface area contributed by atoms with Crippen molar-refractivity contribution in [1.29, 1.82) is 0 Å². The summed E-state index contributed by atoms with van der Waals surface area (Å²) in [4.78, 5) is 30.2. The van der Waals surface area contributed by atoms with Crippen molar-refractivity contribution in [2.45, 2.75) is 20.4 Å². The van der Waals surface area contributed by atoms with Crippen molar-refractivity contribution in [1.82, 2.24) is 24.8 Å². The second-order valence-corrected chi connectivity index (χ2v) is 5.36. The standard InChI is InChI=1S/C16H17N5O/c1-10-7-18-15(19-10)9-21(3)16(22)13-6-12-8-17-5-4-14(12)20-11(13)2/h4-8H,9H2,1-3H3,(H,18,19). The largest absolute Gasteiger partial charge is 0.345 e. The number of amides is 1. The Balaban J connectivity index is 1.89. The molecule has 0 bridgehead atoms. The number of imidazole rings is 1. The first-order valence-corrected chi connectivity index (χ1v) is 7.02. The third kappa shape index (κ3) is 2.67. The van der Waals surface area contributed by atoms with Crippen molar-refractivity contribution in [3.05, 3.63) is 53.5 Å². The zero-order chi connectivity index (χ0) is 15.7. The molecule has 0 saturated heterocycles. The number of nitrogens with one attached hydrogen (secondary N) is 1. The second-order valence-electron chi connectivity index (χ2n) is 5.36. The number of aromatic nitrogens is 4. The Morgan fingerprint density at radius 3 is 2.86 bits per heavy atom. The molecule has 0 aromatic carbocycles. The van der Waals surface area contributed by atoms with Gasteiger partial charge in [-0.25, -0.2) is 4.98 Å². The molecule has 1 N–H and O–H groups in total. The molecular formula is C16H17N5O. The van der Waals surface area contributed by atoms with Crippen LogP contribution in [-0.4, -0.2) is 37.8 Å². The van der Waals surface area contributed by atoms with Crippen LogP contribution in [0.25, 0.3) is 10.9 Å². The molecule has 3 aromatic heterocycles. The first kappa shape index (κ1) is 14.2. The van der Waals surface area contributed by atoms with E-state index in [0.29, 0.717) is 17.8 Å². The van der Waals surface area contributed by atoms with E-state index in [9.17, 15) is 4.79 Å². The van der Waals surface area contributed by atoms with E-state index in [1.807, 2.05) is 26.0 Å². The number of nitrogens with zero attached hydrogens (tertiary/aromatic N) is 4. The first-order valence-electron chi connectivity index (χ1n) is 7.02. The van der Waals surface area contributed by atoms with Gasteiger partial charge in [-0.1, -0.05) is 0 Å². The van der Waals surface area contributed by atoms with Gasteiger partial charge >= 0.3 is 0 Å². The summed E-state index contributed by atoms with van der Waals surface area (Å²) in [6.07, 6.45) is 5.16. The van der Waals surface area contributed by atoms with Gasteiger partial charge in [0.25, 0.3) is 5.91 Å². The maximum Gasteiger partial charge on any atom is 0.255 e. The van der Waals surface area contributed by atoms with Crippen molar-refractivity contribution >= 4 is 16.8 Å². The van der Waals surface area contributed by atoms with Crippen LogP contribution in [0, 0.1) is 13.8 Å². The molecule has 0 atom stereocenters. The summed E-state index contributed by atoms with van der Waals surface area (Å²) >= 11 is 0. The molecule has 22 heavy (non-hydrogen) atoms. The van der Waals surface area contributed by atoms with Gasteiger partial charge < -0.3 is 9.88 Å². The Morgan fingerprint density at radius 1 is 1.32 bits per heavy atom. The molecule has 0 unspecified atom stereocenters. The molecule has 6 nitrogen and oxygen atoms in total. The molecule has 0 fully saturated rings. The summed E-state index contributed by atoms with van der Waals surface area (Å²) in [5.41, 5.74) is 3.12. The summed E-state index contributed by atoms with van der Waals surface area (Å²) < 4.78 is 0. The number of hydrogen-bond acceptors (Lipinski definition) is 4. The fraction of sp³-hybridized carbons (Fsp3) is 0.250. The number of pyridine rings is 2. The minimum absolute atomic E-state index is 0.0789. The van der Waals surface area contributed by atoms with Crippen molar-refractivity contribution in [2.24, 2.45) is 0 Å². The lowest BCUT2D eigenvalue weighted by Crippen LogP contribution is -2.27. The second kappa shape index (κ2) is 5.55. The summed E-state index contributed by atoms with van der Waals surface area (Å²) in [6.45, 7) is 4.21. The maximum absolute atomic E-state index is 12.6. The Kier molecular flexibility index (Phi) is 3.58. The monoisotopic (exact) mass is 295 g/mol. The highest BCUT2D eigenvalue weighted by Crippen LogP contribution is 2.17. The van der Waals surface area contributed by atoms with Crippen LogP contribution in [0.5, 0.6) is 0 Å². The molecule has 3 rings (SSSR count). The highest BCUT2D eigenvalue weighted by atomic mass is 16.2. The van der Waals surface area contributed by atoms with Gasteiger partial charge in [-0.3, -0.25) is 14.8 Å². The van der Waals surface area contributed by atoms with Crippen molar-refractivity contribution in [3.8, 4) is 0 Å². The smallest absolute Gasteiger partial charge is 0.255 e. The number of fused-ring (bicyclic) bond motifs is 1. The normalized spacial score (nSPS) is 10.9. The zero-order valence-electron chi connectivity index (χ0n) is 12.8. The van der Waals surface area contributed by atoms with Crippen LogP contribution in [0.3, 0.4) is 0 Å². The minimum atomic E-state index is -0.0789. The minimum Gasteiger partial charge on any atom is -0.345 e. The topological polar surface area (TPSA) is 74.8 Å². The van der Waals surface area contributed by atoms with Crippen molar-refractivity contribution in [2.75, 3.05) is 7.05 Å². The van der Waals surface area contributed by atoms with Gasteiger partial charge in [0.05, 0.1) is 23.3 Å². The zero-order valence-corrected chi connectivity index (χ0v) is 12.8. The number of aromatic amines is 1. The van der Waals surface area contributed by atoms with Crippen LogP contribution in [0.4, 0.5) is 0 Å². The Morgan fingerprint density at radius 2 is 2.14 bits per heavy atom. The number of carbonyl (C=O) groups is 1. The van der Waals surface area contributed by atoms with Crippen LogP contribution in [0.2, 0.25) is 0 Å². The SMILES string of the molecule is Cc1cnc(CN(C)C(=O)c2cc3cnccc3nc2C)[nH]1. The van der Waals surface area contributed by atoms with Crippen molar-refractivity contribution in [3.63, 3.8) is 0 Å². The molecule has 1 amide bonds. The fourth-order valence-electron chi connectivity index (χ4n) is 2.38. The lowest BCUT2D eigenvalue weighted by Gasteiger charge is -2.17. The van der Waals surface area contributed by atoms with Gasteiger partial charge in [0.15, 0.2) is 0 Å². The third-order valence-electron chi connectivity index (χ3n) is 3.53. The van der Waals surface area contributed by atoms with E-state index >= 15 is 0 Å². The number of carbonyl (C=O) groups excluding carboxylic acids is 1. The first-order chi connectivity index (χ1) is 10.5. The lowest BCUT2D eigenvalue weighted by molar-refractivity contribution is 0.0781. The number of hydrogen-bond donors (Lipinski definition) is 1. The van der Waals surface area contributed by atoms with Crippen LogP contribution >= 0.6 is 0 Å². The van der Waals surface area contributed by atoms with E-state index in [0.717, 1.165) is 22.4 Å². The Labute approximate surface area is 128 Å². The number of aryl methyl sites for hydroxylation is 2. The van der Waals surface area contributed by atoms with E-state index in [-0.39, 0.29) is 5.91 Å². The van der Waals surface area contributed by atoms with Gasteiger partial charge in [0.1, 0.15) is 5.82 Å². The molecule has 6 heteroatoms. The highest BCUT2D eigenvalue weighted by Gasteiger charge is 2.17. The van der Waals surface area contributed by atoms with Crippen LogP contribution in [-0.2, 0) is 6.54 Å². The van der Waals surface area contributed by atoms with Crippen LogP contribution in [0.15, 0.2) is 30.7 Å². The van der Waals surface area contributed by atoms with E-state index in [4.69, 9.17) is 0 Å². The third-order valence-corrected chi connectivity index (χ3v) is 3.53. The van der Waals surface area contributed by atoms with Gasteiger partial charge in [-0.15, -0.1) is 0 Å². The van der Waals surface area contributed by atoms with Gasteiger partial charge in [0, 0.05) is 36.7 Å². The van der Waals surface area contributed by atoms with E-state index in [1.54, 1.807) is 30.5 Å². The van der Waals surface area contributed by atoms with Crippen molar-refractivity contribution < 1.29 is 4.79 Å². The number of rotatable bonds is 3. The Bertz CT molecular complexity index is 839. The van der Waals surface area contributed by atoms with Crippen LogP contribution in [0.1, 0.15) is 27.6 Å². The molecule has 0 aliphatic heterocycles. The predicted molar refractivity (Wildman–Crippen MR) is 83.4 cm³/mol. The number of H-pyrrole nitrogens is 1. The average Bonchev–Trinajstić information content (AvgIpc) is 2.91. The fourth-order valence-corrected chi connectivity index (χ4v) is 2.38. The van der Waals surface area contributed by atoms with Gasteiger partial charge in [-0.05, 0) is 26.0 Å². The van der Waals surface area contributed by atoms with E-state index in [1.165, 1.54) is 0 Å². The molecule has 112 valence electrons. The summed E-state index contributed by atoms with van der Waals surface area (Å²) in [5, 5.41) is 0.860. The average molecular weight is 295 g/mol. The van der Waals surface area contributed by atoms with Gasteiger partial charge in [-0.2, -0.15) is 0 Å². The molecule has 3 aromatic rings. The maximum atomic E-state index is 12.6. The van der Waals surface area contributed by atoms with Crippen LogP contribution < -0.4 is 0 Å². The quantitative estimate of drug-likeness (QED) is 0.804. The summed E-state index contributed by atoms with van der Waals surface area (Å²) in [6, 6.07) is 3.68. The molecule has 0 radical (unpaired) electrons. The predicted octanol–water partition coefficient (Wildman–Crippen LogP) is 2.24. The molecular weight excluding hydrogens is 278 g/mol. The molecule has 3 heterocycles. The highest BCUT2D eigenvalue weighted by molar-refractivity contribution is 5.98. The molecule has 0 aliphatic carbocycles. The lowest BCUT2D eigenvalue weighted by atomic mass is 10.1. The summed E-state index contributed by atoms with van der Waals surface area (Å²) in [7, 11) is 1.76. The van der Waals surface area contributed by atoms with Gasteiger partial charge in [0.2, 0.25) is 0 Å². The Hall–Kier alpha value is -2.76. The summed E-state index contributed by atoms with van der Waals surface area (Å²) in [5.74, 6) is 0.686.